The van der Waals surface area contributed by atoms with Crippen molar-refractivity contribution in [1.82, 2.24) is 25.0 Å². The Morgan fingerprint density at radius 3 is 2.61 bits per heavy atom. The van der Waals surface area contributed by atoms with E-state index in [1.165, 1.54) is 16.9 Å². The van der Waals surface area contributed by atoms with Crippen molar-refractivity contribution in [2.45, 2.75) is 59.5 Å². The first kappa shape index (κ1) is 28.6. The molecule has 4 aromatic rings. The highest BCUT2D eigenvalue weighted by Crippen LogP contribution is 2.52. The van der Waals surface area contributed by atoms with E-state index in [-0.39, 0.29) is 12.0 Å². The zero-order valence-electron chi connectivity index (χ0n) is 23.1. The van der Waals surface area contributed by atoms with Crippen molar-refractivity contribution in [2.75, 3.05) is 17.2 Å². The van der Waals surface area contributed by atoms with Gasteiger partial charge in [0.15, 0.2) is 0 Å². The first-order valence-corrected chi connectivity index (χ1v) is 13.6. The molecule has 3 heterocycles. The molecule has 214 valence electrons. The summed E-state index contributed by atoms with van der Waals surface area (Å²) in [5.74, 6) is -0.625. The van der Waals surface area contributed by atoms with Gasteiger partial charge in [-0.2, -0.15) is 9.65 Å². The third-order valence-corrected chi connectivity index (χ3v) is 7.53. The molecule has 1 aliphatic carbocycles. The maximum atomic E-state index is 13.9. The minimum Gasteiger partial charge on any atom is -0.383 e. The van der Waals surface area contributed by atoms with Crippen LogP contribution in [0.4, 0.5) is 24.5 Å². The summed E-state index contributed by atoms with van der Waals surface area (Å²) in [4.78, 5) is 8.38. The van der Waals surface area contributed by atoms with Gasteiger partial charge in [-0.3, -0.25) is 9.67 Å². The van der Waals surface area contributed by atoms with E-state index in [0.29, 0.717) is 69.2 Å². The number of benzene rings is 1. The Morgan fingerprint density at radius 2 is 1.98 bits per heavy atom. The lowest BCUT2D eigenvalue weighted by atomic mass is 9.96. The van der Waals surface area contributed by atoms with Gasteiger partial charge in [-0.1, -0.05) is 43.7 Å². The average molecular weight is 583 g/mol. The van der Waals surface area contributed by atoms with Crippen LogP contribution < -0.4 is 10.6 Å². The lowest BCUT2D eigenvalue weighted by molar-refractivity contribution is 0.0487. The van der Waals surface area contributed by atoms with Crippen molar-refractivity contribution < 1.29 is 13.2 Å². The van der Waals surface area contributed by atoms with Gasteiger partial charge < -0.3 is 10.6 Å². The van der Waals surface area contributed by atoms with Crippen LogP contribution in [0.2, 0.25) is 5.02 Å². The summed E-state index contributed by atoms with van der Waals surface area (Å²) >= 11 is 6.68. The minimum atomic E-state index is -2.44. The topological polar surface area (TPSA) is 104 Å². The smallest absolute Gasteiger partial charge is 0.245 e. The van der Waals surface area contributed by atoms with Crippen molar-refractivity contribution in [3.63, 3.8) is 0 Å². The van der Waals surface area contributed by atoms with Gasteiger partial charge in [0.2, 0.25) is 12.4 Å². The fourth-order valence-corrected chi connectivity index (χ4v) is 5.02. The van der Waals surface area contributed by atoms with E-state index in [0.717, 1.165) is 0 Å². The van der Waals surface area contributed by atoms with Gasteiger partial charge in [0.25, 0.3) is 0 Å². The van der Waals surface area contributed by atoms with Crippen molar-refractivity contribution >= 4 is 33.9 Å². The Bertz CT molecular complexity index is 1640. The highest BCUT2D eigenvalue weighted by Gasteiger charge is 2.51. The molecule has 1 aromatic carbocycles. The summed E-state index contributed by atoms with van der Waals surface area (Å²) in [6.45, 7) is 8.58. The molecule has 1 atom stereocenters. The molecule has 8 nitrogen and oxygen atoms in total. The van der Waals surface area contributed by atoms with Crippen molar-refractivity contribution in [2.24, 2.45) is 10.8 Å². The van der Waals surface area contributed by atoms with Gasteiger partial charge in [0, 0.05) is 35.1 Å². The number of halogens is 4. The number of alkyl halides is 2. The van der Waals surface area contributed by atoms with Gasteiger partial charge in [-0.15, -0.1) is 5.10 Å². The number of fused-ring (bicyclic) bond motifs is 1. The molecule has 12 heteroatoms. The van der Waals surface area contributed by atoms with E-state index in [4.69, 9.17) is 11.6 Å². The van der Waals surface area contributed by atoms with Crippen LogP contribution in [-0.2, 0) is 6.54 Å². The normalized spacial score (nSPS) is 15.1. The Balaban J connectivity index is 1.56. The van der Waals surface area contributed by atoms with Gasteiger partial charge in [0.1, 0.15) is 11.8 Å². The molecule has 0 aliphatic heterocycles. The predicted octanol–water partition coefficient (Wildman–Crippen LogP) is 6.90. The Labute approximate surface area is 240 Å². The van der Waals surface area contributed by atoms with Crippen molar-refractivity contribution in [3.05, 3.63) is 70.1 Å². The van der Waals surface area contributed by atoms with E-state index >= 15 is 0 Å². The number of nitriles is 1. The second-order valence-electron chi connectivity index (χ2n) is 11.8. The van der Waals surface area contributed by atoms with Gasteiger partial charge >= 0.3 is 0 Å². The lowest BCUT2D eigenvalue weighted by Gasteiger charge is -2.23. The molecule has 1 fully saturated rings. The summed E-state index contributed by atoms with van der Waals surface area (Å²) < 4.78 is 42.5. The quantitative estimate of drug-likeness (QED) is 0.207. The fourth-order valence-electron chi connectivity index (χ4n) is 4.75. The number of aryl methyl sites for hydroxylation is 1. The predicted molar refractivity (Wildman–Crippen MR) is 152 cm³/mol. The SMILES string of the molecule is Cc1nc(F)ccc1C(Nc1cc(Cl)c2ncc(C#N)c(NCC(C)(C)C)c2c1)c1cn(CC2(C(F)F)CC2)nn1. The summed E-state index contributed by atoms with van der Waals surface area (Å²) in [6.07, 6.45) is 1.54. The Hall–Kier alpha value is -3.91. The molecular formula is C29H30ClF3N8. The number of rotatable bonds is 9. The first-order valence-electron chi connectivity index (χ1n) is 13.2. The van der Waals surface area contributed by atoms with E-state index < -0.39 is 23.8 Å². The number of nitrogens with one attached hydrogen (secondary N) is 2. The van der Waals surface area contributed by atoms with Crippen LogP contribution in [-0.4, -0.2) is 37.9 Å². The van der Waals surface area contributed by atoms with Crippen LogP contribution in [0.5, 0.6) is 0 Å². The molecule has 0 radical (unpaired) electrons. The monoisotopic (exact) mass is 582 g/mol. The van der Waals surface area contributed by atoms with E-state index in [1.807, 2.05) is 6.07 Å². The van der Waals surface area contributed by atoms with Crippen molar-refractivity contribution in [3.8, 4) is 6.07 Å². The van der Waals surface area contributed by atoms with Crippen LogP contribution >= 0.6 is 11.6 Å². The molecular weight excluding hydrogens is 553 g/mol. The summed E-state index contributed by atoms with van der Waals surface area (Å²) in [6, 6.07) is 7.93. The van der Waals surface area contributed by atoms with Gasteiger partial charge in [-0.25, -0.2) is 13.8 Å². The first-order chi connectivity index (χ1) is 19.4. The maximum Gasteiger partial charge on any atom is 0.245 e. The van der Waals surface area contributed by atoms with E-state index in [9.17, 15) is 18.4 Å². The lowest BCUT2D eigenvalue weighted by Crippen LogP contribution is -2.20. The summed E-state index contributed by atoms with van der Waals surface area (Å²) in [5, 5.41) is 26.0. The van der Waals surface area contributed by atoms with Crippen LogP contribution in [0.1, 0.15) is 62.2 Å². The number of hydrogen-bond donors (Lipinski definition) is 2. The molecule has 0 amide bonds. The zero-order chi connectivity index (χ0) is 29.5. The molecule has 3 aromatic heterocycles. The molecule has 0 spiro atoms. The molecule has 1 unspecified atom stereocenters. The number of anilines is 2. The summed E-state index contributed by atoms with van der Waals surface area (Å²) in [5.41, 5.74) is 2.45. The molecule has 0 saturated heterocycles. The van der Waals surface area contributed by atoms with Gasteiger partial charge in [-0.05, 0) is 43.4 Å². The number of pyridine rings is 2. The van der Waals surface area contributed by atoms with Crippen LogP contribution in [0.3, 0.4) is 0 Å². The minimum absolute atomic E-state index is 0.0538. The highest BCUT2D eigenvalue weighted by atomic mass is 35.5. The largest absolute Gasteiger partial charge is 0.383 e. The zero-order valence-corrected chi connectivity index (χ0v) is 23.9. The van der Waals surface area contributed by atoms with Crippen LogP contribution in [0, 0.1) is 35.0 Å². The molecule has 1 aliphatic rings. The third-order valence-electron chi connectivity index (χ3n) is 7.24. The number of hydrogen-bond acceptors (Lipinski definition) is 7. The van der Waals surface area contributed by atoms with Gasteiger partial charge in [0.05, 0.1) is 46.0 Å². The van der Waals surface area contributed by atoms with E-state index in [2.05, 4.69) is 57.8 Å². The van der Waals surface area contributed by atoms with Crippen LogP contribution in [0.15, 0.2) is 36.7 Å². The Kier molecular flexibility index (Phi) is 7.55. The Morgan fingerprint density at radius 1 is 1.22 bits per heavy atom. The van der Waals surface area contributed by atoms with Crippen molar-refractivity contribution in [1.29, 1.82) is 5.26 Å². The number of aromatic nitrogens is 5. The van der Waals surface area contributed by atoms with Crippen LogP contribution in [0.25, 0.3) is 10.9 Å². The second-order valence-corrected chi connectivity index (χ2v) is 12.2. The fraction of sp³-hybridized carbons (Fsp3) is 0.414. The molecule has 41 heavy (non-hydrogen) atoms. The molecule has 2 N–H and O–H groups in total. The third kappa shape index (κ3) is 6.07. The molecule has 0 bridgehead atoms. The maximum absolute atomic E-state index is 13.9. The van der Waals surface area contributed by atoms with E-state index in [1.54, 1.807) is 25.3 Å². The second kappa shape index (κ2) is 10.8. The molecule has 1 saturated carbocycles. The summed E-state index contributed by atoms with van der Waals surface area (Å²) in [7, 11) is 0. The highest BCUT2D eigenvalue weighted by molar-refractivity contribution is 6.35. The average Bonchev–Trinajstić information content (AvgIpc) is 3.54. The number of nitrogens with zero attached hydrogens (tertiary/aromatic N) is 6. The molecule has 5 rings (SSSR count). The standard InChI is InChI=1S/C29H30ClF3N8/c1-16-19(5-6-23(31)37-16)26(22-13-41(40-39-22)15-29(7-8-29)27(32)33)38-18-9-20-24(36-14-28(2,3)4)17(11-34)12-35-25(20)21(30)10-18/h5-6,9-10,12-13,26-27,38H,7-8,14-15H2,1-4H3,(H,35,36).